The Morgan fingerprint density at radius 1 is 1.11 bits per heavy atom. The third kappa shape index (κ3) is 2.89. The Morgan fingerprint density at radius 3 is 2.21 bits per heavy atom. The molecule has 0 unspecified atom stereocenters. The van der Waals surface area contributed by atoms with E-state index in [2.05, 4.69) is 42.2 Å². The highest BCUT2D eigenvalue weighted by molar-refractivity contribution is 7.98. The van der Waals surface area contributed by atoms with Crippen molar-refractivity contribution in [2.75, 3.05) is 12.0 Å². The van der Waals surface area contributed by atoms with Crippen molar-refractivity contribution < 1.29 is 0 Å². The van der Waals surface area contributed by atoms with Crippen molar-refractivity contribution in [1.82, 2.24) is 9.97 Å². The first-order chi connectivity index (χ1) is 9.02. The van der Waals surface area contributed by atoms with E-state index in [1.807, 2.05) is 19.1 Å². The Labute approximate surface area is 118 Å². The minimum absolute atomic E-state index is 0.341. The molecule has 0 atom stereocenters. The van der Waals surface area contributed by atoms with Crippen LogP contribution in [0.1, 0.15) is 31.0 Å². The van der Waals surface area contributed by atoms with Crippen LogP contribution in [0.15, 0.2) is 29.2 Å². The average Bonchev–Trinajstić information content (AvgIpc) is 2.37. The molecule has 3 nitrogen and oxygen atoms in total. The number of nitrogens with two attached hydrogens (primary N) is 1. The minimum atomic E-state index is 0.341. The lowest BCUT2D eigenvalue weighted by atomic mass is 10.0. The molecule has 1 aromatic heterocycles. The number of nitrogen functional groups attached to an aromatic ring is 1. The van der Waals surface area contributed by atoms with Crippen LogP contribution in [0.3, 0.4) is 0 Å². The van der Waals surface area contributed by atoms with Gasteiger partial charge in [0.2, 0.25) is 0 Å². The van der Waals surface area contributed by atoms with Crippen molar-refractivity contribution in [3.05, 3.63) is 35.5 Å². The van der Waals surface area contributed by atoms with Gasteiger partial charge in [0, 0.05) is 21.7 Å². The number of anilines is 1. The maximum absolute atomic E-state index is 6.06. The van der Waals surface area contributed by atoms with Gasteiger partial charge >= 0.3 is 0 Å². The van der Waals surface area contributed by atoms with Crippen LogP contribution >= 0.6 is 11.8 Å². The number of thioether (sulfide) groups is 1. The molecular weight excluding hydrogens is 254 g/mol. The molecule has 0 radical (unpaired) electrons. The lowest BCUT2D eigenvalue weighted by Crippen LogP contribution is -2.06. The van der Waals surface area contributed by atoms with Crippen molar-refractivity contribution in [2.24, 2.45) is 0 Å². The third-order valence-corrected chi connectivity index (χ3v) is 3.83. The molecular formula is C15H19N3S. The predicted molar refractivity (Wildman–Crippen MR) is 82.5 cm³/mol. The van der Waals surface area contributed by atoms with Crippen LogP contribution in [0, 0.1) is 6.92 Å². The molecule has 0 saturated carbocycles. The van der Waals surface area contributed by atoms with Crippen molar-refractivity contribution in [3.8, 4) is 11.4 Å². The summed E-state index contributed by atoms with van der Waals surface area (Å²) >= 11 is 1.72. The van der Waals surface area contributed by atoms with Gasteiger partial charge in [-0.1, -0.05) is 26.0 Å². The highest BCUT2D eigenvalue weighted by Crippen LogP contribution is 2.27. The van der Waals surface area contributed by atoms with Gasteiger partial charge in [-0.05, 0) is 31.2 Å². The van der Waals surface area contributed by atoms with E-state index < -0.39 is 0 Å². The lowest BCUT2D eigenvalue weighted by Gasteiger charge is -2.13. The topological polar surface area (TPSA) is 51.8 Å². The first-order valence-electron chi connectivity index (χ1n) is 6.31. The zero-order chi connectivity index (χ0) is 14.0. The molecule has 0 aliphatic heterocycles. The number of aromatic nitrogens is 2. The monoisotopic (exact) mass is 273 g/mol. The Bertz CT molecular complexity index is 553. The molecule has 0 amide bonds. The van der Waals surface area contributed by atoms with Gasteiger partial charge in [0.1, 0.15) is 5.82 Å². The maximum atomic E-state index is 6.06. The van der Waals surface area contributed by atoms with Gasteiger partial charge < -0.3 is 5.73 Å². The highest BCUT2D eigenvalue weighted by Gasteiger charge is 2.13. The number of hydrogen-bond acceptors (Lipinski definition) is 4. The first kappa shape index (κ1) is 13.9. The quantitative estimate of drug-likeness (QED) is 0.862. The Hall–Kier alpha value is -1.55. The predicted octanol–water partition coefficient (Wildman–Crippen LogP) is 3.88. The number of hydrogen-bond donors (Lipinski definition) is 1. The summed E-state index contributed by atoms with van der Waals surface area (Å²) in [5, 5.41) is 0. The summed E-state index contributed by atoms with van der Waals surface area (Å²) in [4.78, 5) is 10.3. The number of benzene rings is 1. The molecule has 2 N–H and O–H groups in total. The fraction of sp³-hybridized carbons (Fsp3) is 0.333. The number of nitrogens with zero attached hydrogens (tertiary/aromatic N) is 2. The summed E-state index contributed by atoms with van der Waals surface area (Å²) < 4.78 is 0. The standard InChI is InChI=1S/C15H19N3S/c1-9(2)13-10(3)17-15(18-14(13)16)11-5-7-12(19-4)8-6-11/h5-9H,1-4H3,(H2,16,17,18). The van der Waals surface area contributed by atoms with Gasteiger partial charge in [-0.25, -0.2) is 9.97 Å². The van der Waals surface area contributed by atoms with E-state index in [0.717, 1.165) is 16.8 Å². The van der Waals surface area contributed by atoms with Gasteiger partial charge in [0.25, 0.3) is 0 Å². The maximum Gasteiger partial charge on any atom is 0.161 e. The average molecular weight is 273 g/mol. The second-order valence-electron chi connectivity index (χ2n) is 4.81. The minimum Gasteiger partial charge on any atom is -0.383 e. The second kappa shape index (κ2) is 5.61. The van der Waals surface area contributed by atoms with Crippen LogP contribution in [-0.4, -0.2) is 16.2 Å². The van der Waals surface area contributed by atoms with Gasteiger partial charge in [0.15, 0.2) is 5.82 Å². The van der Waals surface area contributed by atoms with Crippen molar-refractivity contribution in [2.45, 2.75) is 31.6 Å². The van der Waals surface area contributed by atoms with Gasteiger partial charge in [-0.15, -0.1) is 11.8 Å². The highest BCUT2D eigenvalue weighted by atomic mass is 32.2. The molecule has 4 heteroatoms. The molecule has 2 rings (SSSR count). The molecule has 0 fully saturated rings. The number of aryl methyl sites for hydroxylation is 1. The molecule has 0 bridgehead atoms. The molecule has 100 valence electrons. The SMILES string of the molecule is CSc1ccc(-c2nc(C)c(C(C)C)c(N)n2)cc1. The summed E-state index contributed by atoms with van der Waals surface area (Å²) in [5.74, 6) is 1.63. The molecule has 0 saturated heterocycles. The smallest absolute Gasteiger partial charge is 0.161 e. The lowest BCUT2D eigenvalue weighted by molar-refractivity contribution is 0.836. The largest absolute Gasteiger partial charge is 0.383 e. The van der Waals surface area contributed by atoms with Gasteiger partial charge in [-0.3, -0.25) is 0 Å². The molecule has 0 spiro atoms. The Balaban J connectivity index is 2.45. The van der Waals surface area contributed by atoms with E-state index in [1.165, 1.54) is 4.90 Å². The summed E-state index contributed by atoms with van der Waals surface area (Å²) in [6, 6.07) is 8.22. The van der Waals surface area contributed by atoms with Crippen LogP contribution in [0.25, 0.3) is 11.4 Å². The number of rotatable bonds is 3. The summed E-state index contributed by atoms with van der Waals surface area (Å²) in [6.07, 6.45) is 2.06. The first-order valence-corrected chi connectivity index (χ1v) is 7.53. The van der Waals surface area contributed by atoms with E-state index in [4.69, 9.17) is 5.73 Å². The molecule has 1 aromatic carbocycles. The van der Waals surface area contributed by atoms with Crippen molar-refractivity contribution >= 4 is 17.6 Å². The third-order valence-electron chi connectivity index (χ3n) is 3.09. The zero-order valence-electron chi connectivity index (χ0n) is 11.8. The van der Waals surface area contributed by atoms with E-state index >= 15 is 0 Å². The van der Waals surface area contributed by atoms with Crippen LogP contribution < -0.4 is 5.73 Å². The zero-order valence-corrected chi connectivity index (χ0v) is 12.6. The molecule has 2 aromatic rings. The Kier molecular flexibility index (Phi) is 4.10. The van der Waals surface area contributed by atoms with E-state index in [-0.39, 0.29) is 0 Å². The van der Waals surface area contributed by atoms with Crippen molar-refractivity contribution in [3.63, 3.8) is 0 Å². The Morgan fingerprint density at radius 2 is 1.74 bits per heavy atom. The van der Waals surface area contributed by atoms with Crippen LogP contribution in [0.5, 0.6) is 0 Å². The van der Waals surface area contributed by atoms with E-state index in [0.29, 0.717) is 17.6 Å². The molecule has 19 heavy (non-hydrogen) atoms. The normalized spacial score (nSPS) is 11.0. The fourth-order valence-corrected chi connectivity index (χ4v) is 2.59. The summed E-state index contributed by atoms with van der Waals surface area (Å²) in [7, 11) is 0. The molecule has 0 aliphatic carbocycles. The molecule has 0 aliphatic rings. The van der Waals surface area contributed by atoms with Crippen LogP contribution in [-0.2, 0) is 0 Å². The van der Waals surface area contributed by atoms with Crippen LogP contribution in [0.4, 0.5) is 5.82 Å². The fourth-order valence-electron chi connectivity index (χ4n) is 2.19. The molecule has 1 heterocycles. The second-order valence-corrected chi connectivity index (χ2v) is 5.69. The van der Waals surface area contributed by atoms with E-state index in [9.17, 15) is 0 Å². The summed E-state index contributed by atoms with van der Waals surface area (Å²) in [5.41, 5.74) is 9.07. The van der Waals surface area contributed by atoms with E-state index in [1.54, 1.807) is 11.8 Å². The van der Waals surface area contributed by atoms with Crippen LogP contribution in [0.2, 0.25) is 0 Å². The van der Waals surface area contributed by atoms with Gasteiger partial charge in [0.05, 0.1) is 0 Å². The van der Waals surface area contributed by atoms with Crippen molar-refractivity contribution in [1.29, 1.82) is 0 Å². The summed E-state index contributed by atoms with van der Waals surface area (Å²) in [6.45, 7) is 6.21. The van der Waals surface area contributed by atoms with Gasteiger partial charge in [-0.2, -0.15) is 0 Å².